The van der Waals surface area contributed by atoms with E-state index < -0.39 is 5.60 Å². The van der Waals surface area contributed by atoms with Gasteiger partial charge in [-0.1, -0.05) is 91.0 Å². The number of ether oxygens (including phenoxy) is 1. The SMILES string of the molecule is C1=N[C@@H](COC(c2ccccc2)(c2ccccc2)c2ccccc2)CC1. The molecule has 1 heterocycles. The Balaban J connectivity index is 1.86. The monoisotopic (exact) mass is 341 g/mol. The topological polar surface area (TPSA) is 21.6 Å². The van der Waals surface area contributed by atoms with E-state index in [1.165, 1.54) is 0 Å². The van der Waals surface area contributed by atoms with Gasteiger partial charge < -0.3 is 4.74 Å². The van der Waals surface area contributed by atoms with Crippen LogP contribution in [0.2, 0.25) is 0 Å². The second kappa shape index (κ2) is 7.67. The standard InChI is InChI=1S/C24H23NO/c1-4-11-20(12-5-1)24(21-13-6-2-7-14-21,22-15-8-3-9-16-22)26-19-23-17-10-18-25-23/h1-9,11-16,18,23H,10,17,19H2/t23-/m1/s1. The van der Waals surface area contributed by atoms with Crippen LogP contribution in [0.1, 0.15) is 29.5 Å². The van der Waals surface area contributed by atoms with Crippen molar-refractivity contribution in [3.63, 3.8) is 0 Å². The van der Waals surface area contributed by atoms with E-state index in [9.17, 15) is 0 Å². The van der Waals surface area contributed by atoms with Gasteiger partial charge in [0.1, 0.15) is 5.60 Å². The number of hydrogen-bond acceptors (Lipinski definition) is 2. The van der Waals surface area contributed by atoms with Crippen molar-refractivity contribution in [3.05, 3.63) is 108 Å². The molecule has 1 aliphatic rings. The molecule has 0 unspecified atom stereocenters. The Hall–Kier alpha value is -2.71. The first kappa shape index (κ1) is 16.7. The minimum absolute atomic E-state index is 0.241. The van der Waals surface area contributed by atoms with Gasteiger partial charge in [0.2, 0.25) is 0 Å². The highest BCUT2D eigenvalue weighted by molar-refractivity contribution is 5.59. The highest BCUT2D eigenvalue weighted by Crippen LogP contribution is 2.40. The molecule has 0 fully saturated rings. The zero-order valence-electron chi connectivity index (χ0n) is 14.8. The predicted octanol–water partition coefficient (Wildman–Crippen LogP) is 5.23. The van der Waals surface area contributed by atoms with Crippen LogP contribution in [0.4, 0.5) is 0 Å². The molecule has 0 aromatic heterocycles. The van der Waals surface area contributed by atoms with E-state index in [0.29, 0.717) is 6.61 Å². The Morgan fingerprint density at radius 2 is 1.19 bits per heavy atom. The van der Waals surface area contributed by atoms with E-state index in [1.807, 2.05) is 24.4 Å². The summed E-state index contributed by atoms with van der Waals surface area (Å²) in [6, 6.07) is 31.7. The number of aliphatic imine (C=N–C) groups is 1. The number of rotatable bonds is 6. The Bertz CT molecular complexity index is 746. The quantitative estimate of drug-likeness (QED) is 0.563. The second-order valence-electron chi connectivity index (χ2n) is 6.65. The molecule has 0 bridgehead atoms. The first-order valence-electron chi connectivity index (χ1n) is 9.22. The molecule has 2 nitrogen and oxygen atoms in total. The minimum atomic E-state index is -0.637. The highest BCUT2D eigenvalue weighted by atomic mass is 16.5. The van der Waals surface area contributed by atoms with Gasteiger partial charge in [-0.2, -0.15) is 0 Å². The molecule has 1 atom stereocenters. The first-order valence-corrected chi connectivity index (χ1v) is 9.22. The molecule has 0 saturated heterocycles. The zero-order chi connectivity index (χ0) is 17.7. The Kier molecular flexibility index (Phi) is 4.94. The lowest BCUT2D eigenvalue weighted by Crippen LogP contribution is -2.35. The molecule has 0 radical (unpaired) electrons. The molecule has 0 amide bonds. The van der Waals surface area contributed by atoms with E-state index >= 15 is 0 Å². The summed E-state index contributed by atoms with van der Waals surface area (Å²) < 4.78 is 6.76. The van der Waals surface area contributed by atoms with Crippen LogP contribution >= 0.6 is 0 Å². The van der Waals surface area contributed by atoms with Crippen molar-refractivity contribution in [2.45, 2.75) is 24.5 Å². The molecule has 3 aromatic carbocycles. The Morgan fingerprint density at radius 3 is 1.58 bits per heavy atom. The van der Waals surface area contributed by atoms with Crippen molar-refractivity contribution >= 4 is 6.21 Å². The normalized spacial score (nSPS) is 16.7. The van der Waals surface area contributed by atoms with Gasteiger partial charge in [-0.05, 0) is 35.7 Å². The van der Waals surface area contributed by atoms with E-state index in [2.05, 4.69) is 77.8 Å². The summed E-state index contributed by atoms with van der Waals surface area (Å²) in [6.07, 6.45) is 4.13. The van der Waals surface area contributed by atoms with E-state index in [0.717, 1.165) is 29.5 Å². The van der Waals surface area contributed by atoms with Crippen LogP contribution in [-0.2, 0) is 10.3 Å². The van der Waals surface area contributed by atoms with Crippen LogP contribution < -0.4 is 0 Å². The number of benzene rings is 3. The molecule has 0 N–H and O–H groups in total. The third kappa shape index (κ3) is 3.21. The van der Waals surface area contributed by atoms with Gasteiger partial charge in [-0.15, -0.1) is 0 Å². The molecular weight excluding hydrogens is 318 g/mol. The Labute approximate surface area is 155 Å². The lowest BCUT2D eigenvalue weighted by molar-refractivity contribution is 0.00561. The molecule has 26 heavy (non-hydrogen) atoms. The fourth-order valence-electron chi connectivity index (χ4n) is 3.68. The fraction of sp³-hybridized carbons (Fsp3) is 0.208. The van der Waals surface area contributed by atoms with Crippen LogP contribution in [0.15, 0.2) is 96.0 Å². The summed E-state index contributed by atoms with van der Waals surface area (Å²) in [5, 5.41) is 0. The lowest BCUT2D eigenvalue weighted by Gasteiger charge is -2.36. The highest BCUT2D eigenvalue weighted by Gasteiger charge is 2.38. The largest absolute Gasteiger partial charge is 0.359 e. The molecule has 4 rings (SSSR count). The van der Waals surface area contributed by atoms with E-state index in [4.69, 9.17) is 4.74 Å². The van der Waals surface area contributed by atoms with Crippen LogP contribution in [0.5, 0.6) is 0 Å². The van der Waals surface area contributed by atoms with Crippen molar-refractivity contribution in [1.82, 2.24) is 0 Å². The maximum atomic E-state index is 6.76. The summed E-state index contributed by atoms with van der Waals surface area (Å²) in [5.41, 5.74) is 2.78. The Morgan fingerprint density at radius 1 is 0.731 bits per heavy atom. The van der Waals surface area contributed by atoms with Crippen LogP contribution in [-0.4, -0.2) is 18.9 Å². The number of nitrogens with zero attached hydrogens (tertiary/aromatic N) is 1. The van der Waals surface area contributed by atoms with Gasteiger partial charge in [0.25, 0.3) is 0 Å². The summed E-state index contributed by atoms with van der Waals surface area (Å²) in [4.78, 5) is 4.57. The minimum Gasteiger partial charge on any atom is -0.359 e. The molecule has 2 heteroatoms. The molecule has 0 spiro atoms. The second-order valence-corrected chi connectivity index (χ2v) is 6.65. The summed E-state index contributed by atoms with van der Waals surface area (Å²) in [6.45, 7) is 0.606. The van der Waals surface area contributed by atoms with Crippen molar-refractivity contribution in [3.8, 4) is 0 Å². The van der Waals surface area contributed by atoms with Gasteiger partial charge in [0, 0.05) is 0 Å². The third-order valence-electron chi connectivity index (χ3n) is 4.98. The van der Waals surface area contributed by atoms with E-state index in [-0.39, 0.29) is 6.04 Å². The fourth-order valence-corrected chi connectivity index (χ4v) is 3.68. The molecular formula is C24H23NO. The number of hydrogen-bond donors (Lipinski definition) is 0. The maximum absolute atomic E-state index is 6.76. The molecule has 1 aliphatic heterocycles. The molecule has 130 valence electrons. The van der Waals surface area contributed by atoms with Crippen LogP contribution in [0.25, 0.3) is 0 Å². The van der Waals surface area contributed by atoms with Crippen molar-refractivity contribution in [2.75, 3.05) is 6.61 Å². The average Bonchev–Trinajstić information content (AvgIpc) is 3.25. The van der Waals surface area contributed by atoms with Crippen molar-refractivity contribution in [2.24, 2.45) is 4.99 Å². The molecule has 0 saturated carbocycles. The maximum Gasteiger partial charge on any atom is 0.143 e. The van der Waals surface area contributed by atoms with E-state index in [1.54, 1.807) is 0 Å². The van der Waals surface area contributed by atoms with Gasteiger partial charge >= 0.3 is 0 Å². The summed E-state index contributed by atoms with van der Waals surface area (Å²) in [5.74, 6) is 0. The van der Waals surface area contributed by atoms with Gasteiger partial charge in [-0.25, -0.2) is 0 Å². The summed E-state index contributed by atoms with van der Waals surface area (Å²) in [7, 11) is 0. The van der Waals surface area contributed by atoms with Gasteiger partial charge in [0.15, 0.2) is 0 Å². The zero-order valence-corrected chi connectivity index (χ0v) is 14.8. The van der Waals surface area contributed by atoms with Crippen LogP contribution in [0, 0.1) is 0 Å². The van der Waals surface area contributed by atoms with Crippen molar-refractivity contribution in [1.29, 1.82) is 0 Å². The first-order chi connectivity index (χ1) is 12.9. The molecule has 3 aromatic rings. The summed E-state index contributed by atoms with van der Waals surface area (Å²) >= 11 is 0. The van der Waals surface area contributed by atoms with Crippen molar-refractivity contribution < 1.29 is 4.74 Å². The average molecular weight is 341 g/mol. The smallest absolute Gasteiger partial charge is 0.143 e. The van der Waals surface area contributed by atoms with Crippen LogP contribution in [0.3, 0.4) is 0 Å². The van der Waals surface area contributed by atoms with Gasteiger partial charge in [0.05, 0.1) is 12.6 Å². The molecule has 0 aliphatic carbocycles. The lowest BCUT2D eigenvalue weighted by atomic mass is 9.80. The third-order valence-corrected chi connectivity index (χ3v) is 4.98. The van der Waals surface area contributed by atoms with Gasteiger partial charge in [-0.3, -0.25) is 4.99 Å². The predicted molar refractivity (Wildman–Crippen MR) is 107 cm³/mol.